The van der Waals surface area contributed by atoms with Crippen LogP contribution in [0.3, 0.4) is 0 Å². The number of thioether (sulfide) groups is 1. The number of aromatic nitrogens is 3. The Kier molecular flexibility index (Phi) is 5.73. The van der Waals surface area contributed by atoms with E-state index in [2.05, 4.69) is 36.2 Å². The number of carbonyl (C=O) groups is 1. The maximum absolute atomic E-state index is 12.0. The van der Waals surface area contributed by atoms with Gasteiger partial charge in [0, 0.05) is 17.7 Å². The molecule has 8 heteroatoms. The van der Waals surface area contributed by atoms with Gasteiger partial charge in [0.25, 0.3) is 5.56 Å². The lowest BCUT2D eigenvalue weighted by molar-refractivity contribution is -0.116. The van der Waals surface area contributed by atoms with E-state index in [9.17, 15) is 9.59 Å². The van der Waals surface area contributed by atoms with Crippen molar-refractivity contribution in [3.05, 3.63) is 44.4 Å². The van der Waals surface area contributed by atoms with Gasteiger partial charge in [0.05, 0.1) is 0 Å². The van der Waals surface area contributed by atoms with Crippen LogP contribution in [0.5, 0.6) is 0 Å². The molecule has 0 saturated heterocycles. The first-order valence-corrected chi connectivity index (χ1v) is 8.57. The lowest BCUT2D eigenvalue weighted by Gasteiger charge is -2.07. The number of aromatic amines is 1. The fourth-order valence-electron chi connectivity index (χ4n) is 1.90. The second-order valence-corrected chi connectivity index (χ2v) is 6.14. The SMILES string of the molecule is CSc1nc(C)c(CCC(=O)Nc2cccc(Br)n2)c(=O)[nH]1. The molecule has 0 aromatic carbocycles. The summed E-state index contributed by atoms with van der Waals surface area (Å²) >= 11 is 4.62. The molecular weight excluding hydrogens is 368 g/mol. The molecule has 0 fully saturated rings. The summed E-state index contributed by atoms with van der Waals surface area (Å²) in [5.74, 6) is 0.277. The first-order valence-electron chi connectivity index (χ1n) is 6.56. The molecule has 2 heterocycles. The minimum Gasteiger partial charge on any atom is -0.311 e. The van der Waals surface area contributed by atoms with Crippen molar-refractivity contribution in [1.29, 1.82) is 0 Å². The average Bonchev–Trinajstić information content (AvgIpc) is 2.46. The second kappa shape index (κ2) is 7.55. The number of hydrogen-bond donors (Lipinski definition) is 2. The van der Waals surface area contributed by atoms with Crippen molar-refractivity contribution in [2.45, 2.75) is 24.9 Å². The molecule has 0 aliphatic heterocycles. The Labute approximate surface area is 140 Å². The number of nitrogens with one attached hydrogen (secondary N) is 2. The van der Waals surface area contributed by atoms with E-state index in [1.165, 1.54) is 11.8 Å². The summed E-state index contributed by atoms with van der Waals surface area (Å²) in [6.07, 6.45) is 2.37. The molecule has 2 aromatic heterocycles. The quantitative estimate of drug-likeness (QED) is 0.471. The Morgan fingerprint density at radius 1 is 1.41 bits per heavy atom. The summed E-state index contributed by atoms with van der Waals surface area (Å²) in [7, 11) is 0. The highest BCUT2D eigenvalue weighted by Crippen LogP contribution is 2.12. The number of H-pyrrole nitrogens is 1. The Hall–Kier alpha value is -1.67. The summed E-state index contributed by atoms with van der Waals surface area (Å²) in [6.45, 7) is 1.78. The molecule has 0 unspecified atom stereocenters. The average molecular weight is 383 g/mol. The summed E-state index contributed by atoms with van der Waals surface area (Å²) in [5.41, 5.74) is 1.00. The lowest BCUT2D eigenvalue weighted by atomic mass is 10.1. The zero-order valence-electron chi connectivity index (χ0n) is 12.1. The maximum atomic E-state index is 12.0. The zero-order valence-corrected chi connectivity index (χ0v) is 14.5. The van der Waals surface area contributed by atoms with Crippen LogP contribution in [0, 0.1) is 6.92 Å². The molecule has 2 rings (SSSR count). The van der Waals surface area contributed by atoms with Crippen LogP contribution in [-0.2, 0) is 11.2 Å². The smallest absolute Gasteiger partial charge is 0.254 e. The standard InChI is InChI=1S/C14H15BrN4O2S/c1-8-9(13(21)19-14(16-8)22-2)6-7-12(20)18-11-5-3-4-10(15)17-11/h3-5H,6-7H2,1-2H3,(H,16,19,21)(H,17,18,20). The number of rotatable bonds is 5. The van der Waals surface area contributed by atoms with Crippen LogP contribution < -0.4 is 10.9 Å². The largest absolute Gasteiger partial charge is 0.311 e. The van der Waals surface area contributed by atoms with Gasteiger partial charge in [-0.3, -0.25) is 9.59 Å². The monoisotopic (exact) mass is 382 g/mol. The molecule has 6 nitrogen and oxygen atoms in total. The number of amides is 1. The molecule has 0 aliphatic carbocycles. The van der Waals surface area contributed by atoms with E-state index < -0.39 is 0 Å². The Bertz CT molecular complexity index is 748. The second-order valence-electron chi connectivity index (χ2n) is 4.53. The maximum Gasteiger partial charge on any atom is 0.254 e. The third kappa shape index (κ3) is 4.41. The number of hydrogen-bond acceptors (Lipinski definition) is 5. The van der Waals surface area contributed by atoms with Crippen molar-refractivity contribution in [2.24, 2.45) is 0 Å². The van der Waals surface area contributed by atoms with Gasteiger partial charge < -0.3 is 10.3 Å². The number of halogens is 1. The molecule has 0 radical (unpaired) electrons. The molecule has 1 amide bonds. The van der Waals surface area contributed by atoms with Crippen molar-refractivity contribution < 1.29 is 4.79 Å². The van der Waals surface area contributed by atoms with Crippen molar-refractivity contribution in [3.63, 3.8) is 0 Å². The Morgan fingerprint density at radius 2 is 2.18 bits per heavy atom. The van der Waals surface area contributed by atoms with E-state index in [0.717, 1.165) is 0 Å². The van der Waals surface area contributed by atoms with Crippen LogP contribution in [0.4, 0.5) is 5.82 Å². The van der Waals surface area contributed by atoms with Crippen molar-refractivity contribution in [3.8, 4) is 0 Å². The third-order valence-electron chi connectivity index (χ3n) is 2.98. The number of aryl methyl sites for hydroxylation is 1. The summed E-state index contributed by atoms with van der Waals surface area (Å²) in [4.78, 5) is 35.0. The highest BCUT2D eigenvalue weighted by atomic mass is 79.9. The first kappa shape index (κ1) is 16.7. The highest BCUT2D eigenvalue weighted by Gasteiger charge is 2.11. The van der Waals surface area contributed by atoms with Crippen molar-refractivity contribution in [1.82, 2.24) is 15.0 Å². The third-order valence-corrected chi connectivity index (χ3v) is 4.00. The van der Waals surface area contributed by atoms with Crippen molar-refractivity contribution in [2.75, 3.05) is 11.6 Å². The predicted octanol–water partition coefficient (Wildman–Crippen LogP) is 2.53. The molecule has 2 aromatic rings. The number of nitrogens with zero attached hydrogens (tertiary/aromatic N) is 2. The Morgan fingerprint density at radius 3 is 2.82 bits per heavy atom. The van der Waals surface area contributed by atoms with Crippen molar-refractivity contribution >= 4 is 39.4 Å². The minimum atomic E-state index is -0.196. The molecule has 0 saturated carbocycles. The van der Waals surface area contributed by atoms with Gasteiger partial charge in [-0.1, -0.05) is 17.8 Å². The first-order chi connectivity index (χ1) is 10.5. The van der Waals surface area contributed by atoms with E-state index in [0.29, 0.717) is 33.3 Å². The van der Waals surface area contributed by atoms with E-state index in [-0.39, 0.29) is 17.9 Å². The van der Waals surface area contributed by atoms with Gasteiger partial charge in [-0.15, -0.1) is 0 Å². The van der Waals surface area contributed by atoms with E-state index in [1.54, 1.807) is 25.1 Å². The molecule has 0 aliphatic rings. The highest BCUT2D eigenvalue weighted by molar-refractivity contribution is 9.10. The minimum absolute atomic E-state index is 0.190. The lowest BCUT2D eigenvalue weighted by Crippen LogP contribution is -2.20. The van der Waals surface area contributed by atoms with Crippen LogP contribution in [-0.4, -0.2) is 27.1 Å². The summed E-state index contributed by atoms with van der Waals surface area (Å²) in [6, 6.07) is 5.26. The summed E-state index contributed by atoms with van der Waals surface area (Å²) in [5, 5.41) is 3.28. The van der Waals surface area contributed by atoms with E-state index in [4.69, 9.17) is 0 Å². The van der Waals surface area contributed by atoms with Crippen LogP contribution in [0.2, 0.25) is 0 Å². The van der Waals surface area contributed by atoms with E-state index in [1.807, 2.05) is 6.26 Å². The van der Waals surface area contributed by atoms with Gasteiger partial charge in [0.15, 0.2) is 5.16 Å². The molecule has 2 N–H and O–H groups in total. The topological polar surface area (TPSA) is 87.7 Å². The van der Waals surface area contributed by atoms with Gasteiger partial charge in [-0.05, 0) is 47.7 Å². The molecular formula is C14H15BrN4O2S. The molecule has 116 valence electrons. The normalized spacial score (nSPS) is 10.5. The number of carbonyl (C=O) groups excluding carboxylic acids is 1. The summed E-state index contributed by atoms with van der Waals surface area (Å²) < 4.78 is 0.648. The zero-order chi connectivity index (χ0) is 16.1. The predicted molar refractivity (Wildman–Crippen MR) is 90.3 cm³/mol. The number of pyridine rings is 1. The molecule has 0 spiro atoms. The van der Waals surface area contributed by atoms with Gasteiger partial charge in [-0.2, -0.15) is 0 Å². The fourth-order valence-corrected chi connectivity index (χ4v) is 2.66. The van der Waals surface area contributed by atoms with E-state index >= 15 is 0 Å². The Balaban J connectivity index is 2.01. The fraction of sp³-hybridized carbons (Fsp3) is 0.286. The molecule has 0 atom stereocenters. The van der Waals surface area contributed by atoms with Gasteiger partial charge in [0.1, 0.15) is 10.4 Å². The van der Waals surface area contributed by atoms with Crippen LogP contribution in [0.1, 0.15) is 17.7 Å². The van der Waals surface area contributed by atoms with Crippen LogP contribution >= 0.6 is 27.7 Å². The van der Waals surface area contributed by atoms with Gasteiger partial charge in [0.2, 0.25) is 5.91 Å². The van der Waals surface area contributed by atoms with Crippen LogP contribution in [0.15, 0.2) is 32.8 Å². The van der Waals surface area contributed by atoms with Gasteiger partial charge >= 0.3 is 0 Å². The number of anilines is 1. The van der Waals surface area contributed by atoms with Crippen LogP contribution in [0.25, 0.3) is 0 Å². The molecule has 0 bridgehead atoms. The van der Waals surface area contributed by atoms with Gasteiger partial charge in [-0.25, -0.2) is 9.97 Å². The molecule has 22 heavy (non-hydrogen) atoms.